The fourth-order valence-electron chi connectivity index (χ4n) is 2.17. The smallest absolute Gasteiger partial charge is 0.0838 e. The van der Waals surface area contributed by atoms with Crippen LogP contribution >= 0.6 is 11.3 Å². The topological polar surface area (TPSA) is 20.2 Å². The molecular formula is C16H14OS. The van der Waals surface area contributed by atoms with E-state index in [1.807, 2.05) is 29.0 Å². The average Bonchev–Trinajstić information content (AvgIpc) is 2.92. The van der Waals surface area contributed by atoms with Crippen LogP contribution in [0.1, 0.15) is 17.2 Å². The second-order valence-electron chi connectivity index (χ2n) is 4.46. The summed E-state index contributed by atoms with van der Waals surface area (Å²) < 4.78 is 0. The molecule has 0 spiro atoms. The lowest BCUT2D eigenvalue weighted by Crippen LogP contribution is -2.00. The van der Waals surface area contributed by atoms with Gasteiger partial charge in [0.05, 0.1) is 6.10 Å². The molecule has 18 heavy (non-hydrogen) atoms. The summed E-state index contributed by atoms with van der Waals surface area (Å²) in [5, 5.41) is 16.6. The second-order valence-corrected chi connectivity index (χ2v) is 5.24. The number of rotatable bonds is 3. The summed E-state index contributed by atoms with van der Waals surface area (Å²) in [6.45, 7) is 0. The Bertz CT molecular complexity index is 643. The lowest BCUT2D eigenvalue weighted by atomic mass is 10.0. The standard InChI is InChI=1S/C16H14OS/c17-16(15-7-8-18-11-15)10-12-5-6-13-3-1-2-4-14(13)9-12/h1-9,11,16-17H,10H2. The molecule has 0 aliphatic heterocycles. The van der Waals surface area contributed by atoms with Crippen molar-refractivity contribution in [1.29, 1.82) is 0 Å². The monoisotopic (exact) mass is 254 g/mol. The van der Waals surface area contributed by atoms with Gasteiger partial charge in [0.1, 0.15) is 0 Å². The van der Waals surface area contributed by atoms with Crippen LogP contribution in [0.3, 0.4) is 0 Å². The van der Waals surface area contributed by atoms with E-state index in [0.717, 1.165) is 5.56 Å². The van der Waals surface area contributed by atoms with Crippen molar-refractivity contribution in [3.05, 3.63) is 70.4 Å². The molecule has 0 fully saturated rings. The van der Waals surface area contributed by atoms with Crippen LogP contribution in [0, 0.1) is 0 Å². The lowest BCUT2D eigenvalue weighted by molar-refractivity contribution is 0.179. The quantitative estimate of drug-likeness (QED) is 0.743. The van der Waals surface area contributed by atoms with E-state index < -0.39 is 6.10 Å². The molecule has 90 valence electrons. The van der Waals surface area contributed by atoms with Crippen LogP contribution in [0.25, 0.3) is 10.8 Å². The summed E-state index contributed by atoms with van der Waals surface area (Å²) in [5.74, 6) is 0. The summed E-state index contributed by atoms with van der Waals surface area (Å²) in [7, 11) is 0. The van der Waals surface area contributed by atoms with Crippen molar-refractivity contribution in [1.82, 2.24) is 0 Å². The van der Waals surface area contributed by atoms with E-state index in [2.05, 4.69) is 30.3 Å². The Morgan fingerprint density at radius 2 is 1.83 bits per heavy atom. The van der Waals surface area contributed by atoms with Gasteiger partial charge in [-0.2, -0.15) is 11.3 Å². The van der Waals surface area contributed by atoms with Gasteiger partial charge in [-0.3, -0.25) is 0 Å². The van der Waals surface area contributed by atoms with Crippen LogP contribution in [0.15, 0.2) is 59.3 Å². The molecule has 1 unspecified atom stereocenters. The number of hydrogen-bond acceptors (Lipinski definition) is 2. The molecule has 1 nitrogen and oxygen atoms in total. The third-order valence-corrected chi connectivity index (χ3v) is 3.87. The van der Waals surface area contributed by atoms with E-state index >= 15 is 0 Å². The van der Waals surface area contributed by atoms with E-state index in [4.69, 9.17) is 0 Å². The summed E-state index contributed by atoms with van der Waals surface area (Å²) in [6.07, 6.45) is 0.263. The first-order valence-electron chi connectivity index (χ1n) is 6.01. The van der Waals surface area contributed by atoms with Gasteiger partial charge < -0.3 is 5.11 Å². The maximum Gasteiger partial charge on any atom is 0.0838 e. The maximum absolute atomic E-state index is 10.1. The fraction of sp³-hybridized carbons (Fsp3) is 0.125. The molecule has 2 heteroatoms. The molecule has 1 N–H and O–H groups in total. The first-order valence-corrected chi connectivity index (χ1v) is 6.95. The number of fused-ring (bicyclic) bond motifs is 1. The molecule has 0 radical (unpaired) electrons. The van der Waals surface area contributed by atoms with Crippen molar-refractivity contribution in [2.24, 2.45) is 0 Å². The van der Waals surface area contributed by atoms with Crippen LogP contribution in [0.5, 0.6) is 0 Å². The first kappa shape index (κ1) is 11.5. The van der Waals surface area contributed by atoms with Crippen molar-refractivity contribution in [2.75, 3.05) is 0 Å². The fourth-order valence-corrected chi connectivity index (χ4v) is 2.88. The molecule has 2 aromatic carbocycles. The highest BCUT2D eigenvalue weighted by Crippen LogP contribution is 2.23. The average molecular weight is 254 g/mol. The molecule has 0 saturated carbocycles. The minimum absolute atomic E-state index is 0.405. The van der Waals surface area contributed by atoms with E-state index in [1.54, 1.807) is 11.3 Å². The Kier molecular flexibility index (Phi) is 3.13. The summed E-state index contributed by atoms with van der Waals surface area (Å²) >= 11 is 1.62. The molecule has 3 aromatic rings. The maximum atomic E-state index is 10.1. The predicted octanol–water partition coefficient (Wildman–Crippen LogP) is 4.18. The minimum Gasteiger partial charge on any atom is -0.388 e. The highest BCUT2D eigenvalue weighted by molar-refractivity contribution is 7.07. The number of benzene rings is 2. The van der Waals surface area contributed by atoms with Crippen LogP contribution in [-0.4, -0.2) is 5.11 Å². The Morgan fingerprint density at radius 3 is 2.61 bits per heavy atom. The van der Waals surface area contributed by atoms with E-state index in [9.17, 15) is 5.11 Å². The van der Waals surface area contributed by atoms with Gasteiger partial charge in [0.2, 0.25) is 0 Å². The second kappa shape index (κ2) is 4.92. The van der Waals surface area contributed by atoms with E-state index in [-0.39, 0.29) is 0 Å². The first-order chi connectivity index (χ1) is 8.83. The number of aliphatic hydroxyl groups excluding tert-OH is 1. The third kappa shape index (κ3) is 2.30. The number of hydrogen-bond donors (Lipinski definition) is 1. The Balaban J connectivity index is 1.86. The molecule has 3 rings (SSSR count). The van der Waals surface area contributed by atoms with Crippen LogP contribution in [0.4, 0.5) is 0 Å². The van der Waals surface area contributed by atoms with Gasteiger partial charge in [-0.15, -0.1) is 0 Å². The minimum atomic E-state index is -0.405. The van der Waals surface area contributed by atoms with Crippen molar-refractivity contribution in [2.45, 2.75) is 12.5 Å². The SMILES string of the molecule is OC(Cc1ccc2ccccc2c1)c1ccsc1. The molecule has 0 bridgehead atoms. The van der Waals surface area contributed by atoms with Gasteiger partial charge in [0.25, 0.3) is 0 Å². The summed E-state index contributed by atoms with van der Waals surface area (Å²) in [6, 6.07) is 16.7. The molecule has 0 amide bonds. The van der Waals surface area contributed by atoms with E-state index in [0.29, 0.717) is 6.42 Å². The normalized spacial score (nSPS) is 12.7. The van der Waals surface area contributed by atoms with Crippen molar-refractivity contribution in [3.8, 4) is 0 Å². The van der Waals surface area contributed by atoms with Gasteiger partial charge in [-0.25, -0.2) is 0 Å². The van der Waals surface area contributed by atoms with Gasteiger partial charge in [-0.05, 0) is 38.7 Å². The molecule has 0 aliphatic rings. The molecule has 1 aromatic heterocycles. The van der Waals surface area contributed by atoms with Gasteiger partial charge in [0.15, 0.2) is 0 Å². The van der Waals surface area contributed by atoms with Crippen molar-refractivity contribution >= 4 is 22.1 Å². The van der Waals surface area contributed by atoms with Crippen LogP contribution in [0.2, 0.25) is 0 Å². The van der Waals surface area contributed by atoms with Crippen LogP contribution in [-0.2, 0) is 6.42 Å². The van der Waals surface area contributed by atoms with Gasteiger partial charge in [0, 0.05) is 6.42 Å². The zero-order valence-corrected chi connectivity index (χ0v) is 10.7. The zero-order chi connectivity index (χ0) is 12.4. The highest BCUT2D eigenvalue weighted by atomic mass is 32.1. The molecule has 0 aliphatic carbocycles. The zero-order valence-electron chi connectivity index (χ0n) is 9.91. The highest BCUT2D eigenvalue weighted by Gasteiger charge is 2.09. The number of aliphatic hydroxyl groups is 1. The van der Waals surface area contributed by atoms with E-state index in [1.165, 1.54) is 16.3 Å². The third-order valence-electron chi connectivity index (χ3n) is 3.17. The lowest BCUT2D eigenvalue weighted by Gasteiger charge is -2.09. The number of thiophene rings is 1. The Labute approximate surface area is 110 Å². The Morgan fingerprint density at radius 1 is 1.00 bits per heavy atom. The summed E-state index contributed by atoms with van der Waals surface area (Å²) in [4.78, 5) is 0. The molecular weight excluding hydrogens is 240 g/mol. The molecule has 1 heterocycles. The van der Waals surface area contributed by atoms with Crippen molar-refractivity contribution < 1.29 is 5.11 Å². The summed E-state index contributed by atoms with van der Waals surface area (Å²) in [5.41, 5.74) is 2.18. The van der Waals surface area contributed by atoms with Gasteiger partial charge in [-0.1, -0.05) is 42.5 Å². The largest absolute Gasteiger partial charge is 0.388 e. The Hall–Kier alpha value is -1.64. The van der Waals surface area contributed by atoms with Crippen molar-refractivity contribution in [3.63, 3.8) is 0 Å². The molecule has 0 saturated heterocycles. The van der Waals surface area contributed by atoms with Gasteiger partial charge >= 0.3 is 0 Å². The molecule has 1 atom stereocenters. The van der Waals surface area contributed by atoms with Crippen LogP contribution < -0.4 is 0 Å². The predicted molar refractivity (Wildman–Crippen MR) is 76.9 cm³/mol.